The van der Waals surface area contributed by atoms with Crippen molar-refractivity contribution in [1.29, 1.82) is 0 Å². The highest BCUT2D eigenvalue weighted by Crippen LogP contribution is 2.23. The van der Waals surface area contributed by atoms with Crippen LogP contribution in [0.4, 0.5) is 0 Å². The van der Waals surface area contributed by atoms with Gasteiger partial charge in [0.15, 0.2) is 0 Å². The van der Waals surface area contributed by atoms with Gasteiger partial charge in [-0.25, -0.2) is 4.98 Å². The Balaban J connectivity index is 1.98. The first-order chi connectivity index (χ1) is 6.84. The molecule has 2 rings (SSSR count). The Morgan fingerprint density at radius 2 is 2.36 bits per heavy atom. The van der Waals surface area contributed by atoms with Gasteiger partial charge in [-0.05, 0) is 19.1 Å². The lowest BCUT2D eigenvalue weighted by Crippen LogP contribution is -1.78. The molecule has 0 N–H and O–H groups in total. The van der Waals surface area contributed by atoms with E-state index >= 15 is 0 Å². The van der Waals surface area contributed by atoms with Gasteiger partial charge in [0.1, 0.15) is 5.01 Å². The molecule has 0 aliphatic heterocycles. The van der Waals surface area contributed by atoms with E-state index in [0.717, 1.165) is 5.75 Å². The van der Waals surface area contributed by atoms with Gasteiger partial charge in [-0.2, -0.15) is 0 Å². The molecule has 0 aliphatic rings. The van der Waals surface area contributed by atoms with Gasteiger partial charge >= 0.3 is 0 Å². The van der Waals surface area contributed by atoms with Gasteiger partial charge in [-0.15, -0.1) is 23.1 Å². The third-order valence-corrected chi connectivity index (χ3v) is 3.80. The Morgan fingerprint density at radius 3 is 3.07 bits per heavy atom. The minimum absolute atomic E-state index is 0.973. The fourth-order valence-electron chi connectivity index (χ4n) is 1.17. The van der Waals surface area contributed by atoms with E-state index in [2.05, 4.69) is 36.2 Å². The molecule has 0 unspecified atom stereocenters. The Hall–Kier alpha value is -0.800. The summed E-state index contributed by atoms with van der Waals surface area (Å²) < 4.78 is 0. The Bertz CT molecular complexity index is 395. The number of hydrogen-bond acceptors (Lipinski definition) is 3. The first-order valence-electron chi connectivity index (χ1n) is 4.42. The molecule has 1 aromatic heterocycles. The molecule has 0 amide bonds. The van der Waals surface area contributed by atoms with Crippen LogP contribution in [0.1, 0.15) is 10.6 Å². The highest BCUT2D eigenvalue weighted by molar-refractivity contribution is 7.98. The van der Waals surface area contributed by atoms with Crippen molar-refractivity contribution in [2.24, 2.45) is 0 Å². The summed E-state index contributed by atoms with van der Waals surface area (Å²) in [5.41, 5.74) is 1.31. The molecule has 1 nitrogen and oxygen atoms in total. The number of hydrogen-bond donors (Lipinski definition) is 0. The Kier molecular flexibility index (Phi) is 3.22. The van der Waals surface area contributed by atoms with Gasteiger partial charge in [0.05, 0.1) is 5.75 Å². The standard InChI is InChI=1S/C11H11NS2/c1-9-3-2-4-10(7-9)14-8-11-12-5-6-13-11/h2-7H,8H2,1H3. The van der Waals surface area contributed by atoms with E-state index < -0.39 is 0 Å². The van der Waals surface area contributed by atoms with Gasteiger partial charge < -0.3 is 0 Å². The van der Waals surface area contributed by atoms with Crippen LogP contribution in [0, 0.1) is 6.92 Å². The van der Waals surface area contributed by atoms with Crippen molar-refractivity contribution in [3.8, 4) is 0 Å². The maximum absolute atomic E-state index is 4.25. The van der Waals surface area contributed by atoms with Crippen LogP contribution >= 0.6 is 23.1 Å². The molecular formula is C11H11NS2. The summed E-state index contributed by atoms with van der Waals surface area (Å²) in [5.74, 6) is 0.973. The van der Waals surface area contributed by atoms with Gasteiger partial charge in [0.25, 0.3) is 0 Å². The van der Waals surface area contributed by atoms with E-state index in [1.54, 1.807) is 11.3 Å². The Labute approximate surface area is 92.2 Å². The largest absolute Gasteiger partial charge is 0.249 e. The van der Waals surface area contributed by atoms with Crippen molar-refractivity contribution in [2.75, 3.05) is 0 Å². The molecule has 0 spiro atoms. The number of thioether (sulfide) groups is 1. The highest BCUT2D eigenvalue weighted by Gasteiger charge is 1.97. The van der Waals surface area contributed by atoms with Crippen molar-refractivity contribution in [1.82, 2.24) is 4.98 Å². The summed E-state index contributed by atoms with van der Waals surface area (Å²) in [6.45, 7) is 2.12. The average Bonchev–Trinajstić information content (AvgIpc) is 2.67. The zero-order valence-corrected chi connectivity index (χ0v) is 9.57. The first-order valence-corrected chi connectivity index (χ1v) is 6.29. The summed E-state index contributed by atoms with van der Waals surface area (Å²) in [4.78, 5) is 5.57. The normalized spacial score (nSPS) is 10.4. The quantitative estimate of drug-likeness (QED) is 0.732. The molecule has 0 saturated carbocycles. The SMILES string of the molecule is Cc1cccc(SCc2nccs2)c1. The predicted octanol–water partition coefficient (Wildman–Crippen LogP) is 3.74. The first kappa shape index (κ1) is 9.74. The molecule has 1 heterocycles. The monoisotopic (exact) mass is 221 g/mol. The van der Waals surface area contributed by atoms with Crippen molar-refractivity contribution in [3.05, 3.63) is 46.4 Å². The molecule has 2 aromatic rings. The van der Waals surface area contributed by atoms with Crippen LogP contribution in [0.3, 0.4) is 0 Å². The summed E-state index contributed by atoms with van der Waals surface area (Å²) in [7, 11) is 0. The lowest BCUT2D eigenvalue weighted by atomic mass is 10.2. The van der Waals surface area contributed by atoms with Gasteiger partial charge in [0.2, 0.25) is 0 Å². The number of thiazole rings is 1. The van der Waals surface area contributed by atoms with Crippen LogP contribution in [0.25, 0.3) is 0 Å². The van der Waals surface area contributed by atoms with Gasteiger partial charge in [-0.1, -0.05) is 17.7 Å². The molecule has 0 bridgehead atoms. The second-order valence-corrected chi connectivity index (χ2v) is 5.06. The number of rotatable bonds is 3. The molecule has 1 aromatic carbocycles. The van der Waals surface area contributed by atoms with E-state index in [0.29, 0.717) is 0 Å². The second kappa shape index (κ2) is 4.62. The number of aryl methyl sites for hydroxylation is 1. The maximum Gasteiger partial charge on any atom is 0.103 e. The maximum atomic E-state index is 4.25. The van der Waals surface area contributed by atoms with Gasteiger partial charge in [-0.3, -0.25) is 0 Å². The van der Waals surface area contributed by atoms with Crippen molar-refractivity contribution < 1.29 is 0 Å². The molecule has 0 saturated heterocycles. The summed E-state index contributed by atoms with van der Waals surface area (Å²) in [6.07, 6.45) is 1.86. The van der Waals surface area contributed by atoms with Crippen molar-refractivity contribution >= 4 is 23.1 Å². The van der Waals surface area contributed by atoms with Crippen LogP contribution in [0.5, 0.6) is 0 Å². The smallest absolute Gasteiger partial charge is 0.103 e. The Morgan fingerprint density at radius 1 is 1.43 bits per heavy atom. The summed E-state index contributed by atoms with van der Waals surface area (Å²) in [5, 5.41) is 3.21. The second-order valence-electron chi connectivity index (χ2n) is 3.03. The minimum Gasteiger partial charge on any atom is -0.249 e. The lowest BCUT2D eigenvalue weighted by Gasteiger charge is -1.99. The highest BCUT2D eigenvalue weighted by atomic mass is 32.2. The molecule has 3 heteroatoms. The van der Waals surface area contributed by atoms with E-state index in [4.69, 9.17) is 0 Å². The molecular weight excluding hydrogens is 210 g/mol. The fraction of sp³-hybridized carbons (Fsp3) is 0.182. The van der Waals surface area contributed by atoms with E-state index in [9.17, 15) is 0 Å². The van der Waals surface area contributed by atoms with E-state index in [1.807, 2.05) is 23.3 Å². The fourth-order valence-corrected chi connectivity index (χ4v) is 2.83. The number of nitrogens with zero attached hydrogens (tertiary/aromatic N) is 1. The third kappa shape index (κ3) is 2.59. The lowest BCUT2D eigenvalue weighted by molar-refractivity contribution is 1.26. The minimum atomic E-state index is 0.973. The molecule has 14 heavy (non-hydrogen) atoms. The van der Waals surface area contributed by atoms with Crippen LogP contribution in [-0.2, 0) is 5.75 Å². The van der Waals surface area contributed by atoms with Crippen LogP contribution in [-0.4, -0.2) is 4.98 Å². The van der Waals surface area contributed by atoms with Crippen molar-refractivity contribution in [2.45, 2.75) is 17.6 Å². The molecule has 72 valence electrons. The van der Waals surface area contributed by atoms with E-state index in [-0.39, 0.29) is 0 Å². The molecule has 0 aliphatic carbocycles. The van der Waals surface area contributed by atoms with E-state index in [1.165, 1.54) is 15.5 Å². The van der Waals surface area contributed by atoms with Crippen LogP contribution < -0.4 is 0 Å². The zero-order valence-electron chi connectivity index (χ0n) is 7.93. The third-order valence-electron chi connectivity index (χ3n) is 1.84. The average molecular weight is 221 g/mol. The zero-order chi connectivity index (χ0) is 9.80. The molecule has 0 fully saturated rings. The van der Waals surface area contributed by atoms with Crippen molar-refractivity contribution in [3.63, 3.8) is 0 Å². The summed E-state index contributed by atoms with van der Waals surface area (Å²) in [6, 6.07) is 8.57. The van der Waals surface area contributed by atoms with Crippen LogP contribution in [0.15, 0.2) is 40.7 Å². The summed E-state index contributed by atoms with van der Waals surface area (Å²) >= 11 is 3.55. The molecule has 0 radical (unpaired) electrons. The van der Waals surface area contributed by atoms with Gasteiger partial charge in [0, 0.05) is 16.5 Å². The number of aromatic nitrogens is 1. The predicted molar refractivity (Wildman–Crippen MR) is 62.9 cm³/mol. The topological polar surface area (TPSA) is 12.9 Å². The molecule has 0 atom stereocenters. The van der Waals surface area contributed by atoms with Crippen LogP contribution in [0.2, 0.25) is 0 Å². The number of benzene rings is 1.